The molecule has 2 N–H and O–H groups in total. The molecule has 148 valence electrons. The maximum atomic E-state index is 13.1. The van der Waals surface area contributed by atoms with E-state index in [-0.39, 0.29) is 18.0 Å². The fourth-order valence-corrected chi connectivity index (χ4v) is 4.33. The van der Waals surface area contributed by atoms with Gasteiger partial charge >= 0.3 is 6.03 Å². The Morgan fingerprint density at radius 3 is 2.59 bits per heavy atom. The van der Waals surface area contributed by atoms with E-state index in [9.17, 15) is 9.59 Å². The molecule has 2 aliphatic rings. The zero-order valence-electron chi connectivity index (χ0n) is 16.6. The van der Waals surface area contributed by atoms with Crippen molar-refractivity contribution in [1.82, 2.24) is 10.2 Å². The average molecular weight is 373 g/mol. The van der Waals surface area contributed by atoms with Gasteiger partial charge in [-0.15, -0.1) is 0 Å². The van der Waals surface area contributed by atoms with Crippen LogP contribution < -0.4 is 15.4 Å². The zero-order valence-corrected chi connectivity index (χ0v) is 16.6. The summed E-state index contributed by atoms with van der Waals surface area (Å²) in [5.74, 6) is 1.95. The first-order valence-corrected chi connectivity index (χ1v) is 10.0. The number of fused-ring (bicyclic) bond motifs is 1. The van der Waals surface area contributed by atoms with Crippen molar-refractivity contribution in [3.05, 3.63) is 23.8 Å². The van der Waals surface area contributed by atoms with Gasteiger partial charge in [0.1, 0.15) is 5.75 Å². The fourth-order valence-electron chi connectivity index (χ4n) is 4.33. The van der Waals surface area contributed by atoms with Crippen LogP contribution in [0.5, 0.6) is 5.75 Å². The number of hydrogen-bond acceptors (Lipinski definition) is 3. The summed E-state index contributed by atoms with van der Waals surface area (Å²) in [5, 5.41) is 5.55. The minimum absolute atomic E-state index is 0.0223. The Bertz CT molecular complexity index is 689. The predicted octanol–water partition coefficient (Wildman–Crippen LogP) is 3.88. The number of urea groups is 1. The van der Waals surface area contributed by atoms with Crippen LogP contribution in [0.25, 0.3) is 0 Å². The second-order valence-electron chi connectivity index (χ2n) is 8.01. The molecule has 1 aromatic rings. The average Bonchev–Trinajstić information content (AvgIpc) is 2.66. The predicted molar refractivity (Wildman–Crippen MR) is 106 cm³/mol. The Kier molecular flexibility index (Phi) is 6.24. The van der Waals surface area contributed by atoms with Gasteiger partial charge in [-0.25, -0.2) is 4.79 Å². The van der Waals surface area contributed by atoms with Crippen molar-refractivity contribution >= 4 is 17.6 Å². The number of methoxy groups -OCH3 is 1. The van der Waals surface area contributed by atoms with E-state index in [1.807, 2.05) is 18.7 Å². The molecular weight excluding hydrogens is 342 g/mol. The van der Waals surface area contributed by atoms with Gasteiger partial charge in [0.15, 0.2) is 0 Å². The molecule has 0 bridgehead atoms. The van der Waals surface area contributed by atoms with Crippen molar-refractivity contribution in [3.63, 3.8) is 0 Å². The second-order valence-corrected chi connectivity index (χ2v) is 8.01. The minimum Gasteiger partial charge on any atom is -0.496 e. The standard InChI is InChI=1S/C21H31N3O3/c1-14(2)22-21(26)23-17-8-9-18(19(12-17)27-3)20(25)24-11-10-15-6-4-5-7-16(15)13-24/h8-9,12,14-16H,4-7,10-11,13H2,1-3H3,(H2,22,23,26)/t15-,16+/m1/s1. The SMILES string of the molecule is COc1cc(NC(=O)NC(C)C)ccc1C(=O)N1CC[C@H]2CCCC[C@H]2C1. The summed E-state index contributed by atoms with van der Waals surface area (Å²) in [4.78, 5) is 26.9. The molecule has 0 unspecified atom stereocenters. The van der Waals surface area contributed by atoms with Gasteiger partial charge in [-0.3, -0.25) is 4.79 Å². The smallest absolute Gasteiger partial charge is 0.319 e. The summed E-state index contributed by atoms with van der Waals surface area (Å²) < 4.78 is 5.45. The quantitative estimate of drug-likeness (QED) is 0.841. The number of ether oxygens (including phenoxy) is 1. The Balaban J connectivity index is 1.70. The third-order valence-electron chi connectivity index (χ3n) is 5.69. The summed E-state index contributed by atoms with van der Waals surface area (Å²) in [6.45, 7) is 5.47. The van der Waals surface area contributed by atoms with E-state index in [1.54, 1.807) is 25.3 Å². The number of hydrogen-bond donors (Lipinski definition) is 2. The van der Waals surface area contributed by atoms with Gasteiger partial charge in [0, 0.05) is 30.9 Å². The molecule has 0 aromatic heterocycles. The lowest BCUT2D eigenvalue weighted by atomic mass is 9.75. The summed E-state index contributed by atoms with van der Waals surface area (Å²) in [7, 11) is 1.55. The van der Waals surface area contributed by atoms with Crippen molar-refractivity contribution in [2.75, 3.05) is 25.5 Å². The van der Waals surface area contributed by atoms with Crippen molar-refractivity contribution in [1.29, 1.82) is 0 Å². The molecule has 2 fully saturated rings. The van der Waals surface area contributed by atoms with Crippen molar-refractivity contribution in [2.24, 2.45) is 11.8 Å². The highest BCUT2D eigenvalue weighted by molar-refractivity contribution is 5.98. The number of nitrogens with one attached hydrogen (secondary N) is 2. The molecule has 27 heavy (non-hydrogen) atoms. The molecule has 0 spiro atoms. The number of rotatable bonds is 4. The topological polar surface area (TPSA) is 70.7 Å². The van der Waals surface area contributed by atoms with E-state index in [2.05, 4.69) is 10.6 Å². The molecule has 2 atom stereocenters. The summed E-state index contributed by atoms with van der Waals surface area (Å²) in [6, 6.07) is 4.99. The van der Waals surface area contributed by atoms with Gasteiger partial charge in [0.2, 0.25) is 0 Å². The Morgan fingerprint density at radius 2 is 1.89 bits per heavy atom. The first kappa shape index (κ1) is 19.5. The number of benzene rings is 1. The van der Waals surface area contributed by atoms with Gasteiger partial charge < -0.3 is 20.3 Å². The van der Waals surface area contributed by atoms with E-state index >= 15 is 0 Å². The lowest BCUT2D eigenvalue weighted by molar-refractivity contribution is 0.0518. The maximum absolute atomic E-state index is 13.1. The fraction of sp³-hybridized carbons (Fsp3) is 0.619. The molecule has 0 radical (unpaired) electrons. The molecule has 6 heteroatoms. The van der Waals surface area contributed by atoms with E-state index in [4.69, 9.17) is 4.74 Å². The van der Waals surface area contributed by atoms with Gasteiger partial charge in [-0.05, 0) is 50.7 Å². The van der Waals surface area contributed by atoms with Crippen LogP contribution in [0.3, 0.4) is 0 Å². The van der Waals surface area contributed by atoms with Crippen LogP contribution in [0.15, 0.2) is 18.2 Å². The lowest BCUT2D eigenvalue weighted by Gasteiger charge is -2.41. The normalized spacial score (nSPS) is 22.1. The number of piperidine rings is 1. The van der Waals surface area contributed by atoms with Crippen LogP contribution in [0, 0.1) is 11.8 Å². The third kappa shape index (κ3) is 4.73. The largest absolute Gasteiger partial charge is 0.496 e. The van der Waals surface area contributed by atoms with Crippen LogP contribution in [0.2, 0.25) is 0 Å². The molecule has 3 rings (SSSR count). The van der Waals surface area contributed by atoms with Crippen LogP contribution in [-0.2, 0) is 0 Å². The molecule has 1 heterocycles. The Hall–Kier alpha value is -2.24. The summed E-state index contributed by atoms with van der Waals surface area (Å²) in [6.07, 6.45) is 6.27. The monoisotopic (exact) mass is 373 g/mol. The molecule has 1 aromatic carbocycles. The Labute approximate surface area is 161 Å². The summed E-state index contributed by atoms with van der Waals surface area (Å²) >= 11 is 0. The summed E-state index contributed by atoms with van der Waals surface area (Å²) in [5.41, 5.74) is 1.16. The minimum atomic E-state index is -0.273. The molecule has 6 nitrogen and oxygen atoms in total. The van der Waals surface area contributed by atoms with E-state index in [0.717, 1.165) is 25.4 Å². The van der Waals surface area contributed by atoms with Crippen molar-refractivity contribution in [2.45, 2.75) is 52.0 Å². The van der Waals surface area contributed by atoms with Crippen molar-refractivity contribution in [3.8, 4) is 5.75 Å². The van der Waals surface area contributed by atoms with E-state index in [1.165, 1.54) is 25.7 Å². The molecule has 1 aliphatic heterocycles. The number of anilines is 1. The number of carbonyl (C=O) groups excluding carboxylic acids is 2. The van der Waals surface area contributed by atoms with E-state index < -0.39 is 0 Å². The number of nitrogens with zero attached hydrogens (tertiary/aromatic N) is 1. The third-order valence-corrected chi connectivity index (χ3v) is 5.69. The highest BCUT2D eigenvalue weighted by Crippen LogP contribution is 2.37. The molecule has 1 saturated carbocycles. The molecular formula is C21H31N3O3. The van der Waals surface area contributed by atoms with Gasteiger partial charge in [-0.1, -0.05) is 19.3 Å². The first-order chi connectivity index (χ1) is 13.0. The molecule has 1 saturated heterocycles. The number of carbonyl (C=O) groups is 2. The van der Waals surface area contributed by atoms with Crippen LogP contribution in [0.1, 0.15) is 56.3 Å². The maximum Gasteiger partial charge on any atom is 0.319 e. The second kappa shape index (κ2) is 8.63. The molecule has 3 amide bonds. The molecule has 1 aliphatic carbocycles. The zero-order chi connectivity index (χ0) is 19.4. The number of amides is 3. The van der Waals surface area contributed by atoms with Gasteiger partial charge in [0.25, 0.3) is 5.91 Å². The van der Waals surface area contributed by atoms with Gasteiger partial charge in [-0.2, -0.15) is 0 Å². The van der Waals surface area contributed by atoms with Crippen molar-refractivity contribution < 1.29 is 14.3 Å². The number of likely N-dealkylation sites (tertiary alicyclic amines) is 1. The van der Waals surface area contributed by atoms with E-state index in [0.29, 0.717) is 22.9 Å². The van der Waals surface area contributed by atoms with Gasteiger partial charge in [0.05, 0.1) is 12.7 Å². The van der Waals surface area contributed by atoms with Crippen LogP contribution in [-0.4, -0.2) is 43.1 Å². The lowest BCUT2D eigenvalue weighted by Crippen LogP contribution is -2.44. The highest BCUT2D eigenvalue weighted by atomic mass is 16.5. The Morgan fingerprint density at radius 1 is 1.15 bits per heavy atom. The van der Waals surface area contributed by atoms with Crippen LogP contribution >= 0.6 is 0 Å². The van der Waals surface area contributed by atoms with Crippen LogP contribution in [0.4, 0.5) is 10.5 Å². The highest BCUT2D eigenvalue weighted by Gasteiger charge is 2.33. The first-order valence-electron chi connectivity index (χ1n) is 10.0.